The van der Waals surface area contributed by atoms with Gasteiger partial charge < -0.3 is 29.2 Å². The summed E-state index contributed by atoms with van der Waals surface area (Å²) in [7, 11) is 1.62. The van der Waals surface area contributed by atoms with E-state index in [-0.39, 0.29) is 24.3 Å². The SMILES string of the molecule is COCCOCCOCC(=O)N1CCC(c2nc(C(=O)NCCCOCC(C)C)cs2)CC1. The fraction of sp³-hybridized carbons (Fsp3) is 0.783. The van der Waals surface area contributed by atoms with Crippen LogP contribution in [0.5, 0.6) is 0 Å². The molecule has 0 aromatic carbocycles. The molecule has 0 saturated carbocycles. The van der Waals surface area contributed by atoms with Gasteiger partial charge in [-0.05, 0) is 25.2 Å². The van der Waals surface area contributed by atoms with E-state index >= 15 is 0 Å². The lowest BCUT2D eigenvalue weighted by atomic mass is 9.97. The first-order valence-corrected chi connectivity index (χ1v) is 12.6. The summed E-state index contributed by atoms with van der Waals surface area (Å²) in [5.74, 6) is 0.655. The third-order valence-corrected chi connectivity index (χ3v) is 6.19. The van der Waals surface area contributed by atoms with Crippen molar-refractivity contribution in [3.8, 4) is 0 Å². The Balaban J connectivity index is 1.61. The zero-order chi connectivity index (χ0) is 23.9. The topological polar surface area (TPSA) is 99.2 Å². The number of nitrogens with one attached hydrogen (secondary N) is 1. The summed E-state index contributed by atoms with van der Waals surface area (Å²) in [6.07, 6.45) is 2.47. The number of likely N-dealkylation sites (tertiary alicyclic amines) is 1. The number of piperidine rings is 1. The molecule has 2 heterocycles. The summed E-state index contributed by atoms with van der Waals surface area (Å²) in [5, 5.41) is 5.70. The molecule has 1 aromatic rings. The average molecular weight is 486 g/mol. The van der Waals surface area contributed by atoms with Gasteiger partial charge in [0.1, 0.15) is 12.3 Å². The van der Waals surface area contributed by atoms with Gasteiger partial charge in [0.25, 0.3) is 5.91 Å². The second kappa shape index (κ2) is 16.1. The molecule has 1 aliphatic rings. The Hall–Kier alpha value is -1.59. The molecule has 0 bridgehead atoms. The molecule has 188 valence electrons. The number of hydrogen-bond acceptors (Lipinski definition) is 8. The van der Waals surface area contributed by atoms with Crippen LogP contribution in [-0.4, -0.2) is 94.7 Å². The van der Waals surface area contributed by atoms with E-state index < -0.39 is 0 Å². The van der Waals surface area contributed by atoms with Crippen LogP contribution in [0.1, 0.15) is 54.5 Å². The number of nitrogens with zero attached hydrogens (tertiary/aromatic N) is 2. The molecule has 0 spiro atoms. The fourth-order valence-electron chi connectivity index (χ4n) is 3.35. The lowest BCUT2D eigenvalue weighted by Gasteiger charge is -2.31. The molecule has 10 heteroatoms. The number of hydrogen-bond donors (Lipinski definition) is 1. The summed E-state index contributed by atoms with van der Waals surface area (Å²) >= 11 is 1.52. The van der Waals surface area contributed by atoms with Crippen LogP contribution in [0.2, 0.25) is 0 Å². The van der Waals surface area contributed by atoms with E-state index in [9.17, 15) is 9.59 Å². The largest absolute Gasteiger partial charge is 0.382 e. The highest BCUT2D eigenvalue weighted by Crippen LogP contribution is 2.30. The van der Waals surface area contributed by atoms with Gasteiger partial charge in [-0.15, -0.1) is 11.3 Å². The van der Waals surface area contributed by atoms with Gasteiger partial charge in [-0.3, -0.25) is 9.59 Å². The van der Waals surface area contributed by atoms with Gasteiger partial charge in [0.05, 0.1) is 31.4 Å². The van der Waals surface area contributed by atoms with Gasteiger partial charge in [0.2, 0.25) is 5.91 Å². The normalized spacial score (nSPS) is 14.7. The summed E-state index contributed by atoms with van der Waals surface area (Å²) in [4.78, 5) is 31.1. The predicted molar refractivity (Wildman–Crippen MR) is 127 cm³/mol. The number of carbonyl (C=O) groups excluding carboxylic acids is 2. The Kier molecular flexibility index (Phi) is 13.5. The van der Waals surface area contributed by atoms with Gasteiger partial charge in [0.15, 0.2) is 0 Å². The Morgan fingerprint density at radius 2 is 1.85 bits per heavy atom. The van der Waals surface area contributed by atoms with Crippen LogP contribution in [0.25, 0.3) is 0 Å². The van der Waals surface area contributed by atoms with Gasteiger partial charge >= 0.3 is 0 Å². The highest BCUT2D eigenvalue weighted by atomic mass is 32.1. The number of carbonyl (C=O) groups is 2. The maximum Gasteiger partial charge on any atom is 0.270 e. The quantitative estimate of drug-likeness (QED) is 0.359. The van der Waals surface area contributed by atoms with E-state index in [2.05, 4.69) is 24.1 Å². The molecule has 33 heavy (non-hydrogen) atoms. The summed E-state index contributed by atoms with van der Waals surface area (Å²) in [5.41, 5.74) is 0.470. The third kappa shape index (κ3) is 10.9. The molecule has 1 aromatic heterocycles. The van der Waals surface area contributed by atoms with E-state index in [1.165, 1.54) is 11.3 Å². The second-order valence-electron chi connectivity index (χ2n) is 8.46. The first-order valence-electron chi connectivity index (χ1n) is 11.7. The fourth-order valence-corrected chi connectivity index (χ4v) is 4.33. The highest BCUT2D eigenvalue weighted by Gasteiger charge is 2.26. The van der Waals surface area contributed by atoms with Crippen molar-refractivity contribution in [1.29, 1.82) is 0 Å². The van der Waals surface area contributed by atoms with E-state index in [0.29, 0.717) is 64.3 Å². The molecule has 2 rings (SSSR count). The van der Waals surface area contributed by atoms with Crippen molar-refractivity contribution >= 4 is 23.2 Å². The van der Waals surface area contributed by atoms with Crippen LogP contribution in [0.15, 0.2) is 5.38 Å². The minimum atomic E-state index is -0.141. The third-order valence-electron chi connectivity index (χ3n) is 5.18. The van der Waals surface area contributed by atoms with E-state index in [1.807, 2.05) is 10.3 Å². The van der Waals surface area contributed by atoms with E-state index in [1.54, 1.807) is 7.11 Å². The van der Waals surface area contributed by atoms with Crippen LogP contribution < -0.4 is 5.32 Å². The van der Waals surface area contributed by atoms with Gasteiger partial charge in [-0.1, -0.05) is 13.8 Å². The Labute approximate surface area is 201 Å². The molecule has 9 nitrogen and oxygen atoms in total. The van der Waals surface area contributed by atoms with Crippen LogP contribution >= 0.6 is 11.3 Å². The molecule has 1 fully saturated rings. The van der Waals surface area contributed by atoms with Crippen LogP contribution in [-0.2, 0) is 23.7 Å². The van der Waals surface area contributed by atoms with Crippen LogP contribution in [0, 0.1) is 5.92 Å². The first kappa shape index (κ1) is 27.7. The Morgan fingerprint density at radius 1 is 1.12 bits per heavy atom. The number of aromatic nitrogens is 1. The zero-order valence-electron chi connectivity index (χ0n) is 20.2. The van der Waals surface area contributed by atoms with Crippen molar-refractivity contribution in [2.24, 2.45) is 5.92 Å². The predicted octanol–water partition coefficient (Wildman–Crippen LogP) is 2.32. The molecular weight excluding hydrogens is 446 g/mol. The minimum absolute atomic E-state index is 0.00178. The summed E-state index contributed by atoms with van der Waals surface area (Å²) in [6, 6.07) is 0. The van der Waals surface area contributed by atoms with Crippen LogP contribution in [0.3, 0.4) is 0 Å². The molecule has 2 amide bonds. The van der Waals surface area contributed by atoms with Crippen molar-refractivity contribution in [3.05, 3.63) is 16.1 Å². The molecule has 1 aliphatic heterocycles. The van der Waals surface area contributed by atoms with Crippen LogP contribution in [0.4, 0.5) is 0 Å². The number of ether oxygens (including phenoxy) is 4. The van der Waals surface area contributed by atoms with E-state index in [0.717, 1.165) is 30.9 Å². The number of thiazole rings is 1. The van der Waals surface area contributed by atoms with Gasteiger partial charge in [0, 0.05) is 51.3 Å². The van der Waals surface area contributed by atoms with Crippen molar-refractivity contribution in [2.45, 2.75) is 39.0 Å². The number of methoxy groups -OCH3 is 1. The molecule has 1 saturated heterocycles. The maximum absolute atomic E-state index is 12.3. The molecular formula is C23H39N3O6S. The smallest absolute Gasteiger partial charge is 0.270 e. The van der Waals surface area contributed by atoms with Crippen molar-refractivity contribution < 1.29 is 28.5 Å². The van der Waals surface area contributed by atoms with Crippen molar-refractivity contribution in [3.63, 3.8) is 0 Å². The minimum Gasteiger partial charge on any atom is -0.382 e. The first-order chi connectivity index (χ1) is 16.0. The number of rotatable bonds is 16. The molecule has 0 aliphatic carbocycles. The molecule has 0 unspecified atom stereocenters. The lowest BCUT2D eigenvalue weighted by Crippen LogP contribution is -2.40. The summed E-state index contributed by atoms with van der Waals surface area (Å²) < 4.78 is 21.2. The van der Waals surface area contributed by atoms with Crippen molar-refractivity contribution in [1.82, 2.24) is 15.2 Å². The second-order valence-corrected chi connectivity index (χ2v) is 9.35. The zero-order valence-corrected chi connectivity index (χ0v) is 21.0. The molecule has 1 N–H and O–H groups in total. The number of amides is 2. The van der Waals surface area contributed by atoms with Crippen molar-refractivity contribution in [2.75, 3.05) is 73.0 Å². The lowest BCUT2D eigenvalue weighted by molar-refractivity contribution is -0.137. The average Bonchev–Trinajstić information content (AvgIpc) is 3.31. The molecule has 0 radical (unpaired) electrons. The maximum atomic E-state index is 12.3. The highest BCUT2D eigenvalue weighted by molar-refractivity contribution is 7.09. The van der Waals surface area contributed by atoms with Gasteiger partial charge in [-0.25, -0.2) is 4.98 Å². The Morgan fingerprint density at radius 3 is 2.58 bits per heavy atom. The summed E-state index contributed by atoms with van der Waals surface area (Å²) in [6.45, 7) is 9.52. The van der Waals surface area contributed by atoms with E-state index in [4.69, 9.17) is 18.9 Å². The van der Waals surface area contributed by atoms with Gasteiger partial charge in [-0.2, -0.15) is 0 Å². The Bertz CT molecular complexity index is 691. The molecule has 0 atom stereocenters. The monoisotopic (exact) mass is 485 g/mol. The standard InChI is InChI=1S/C23H39N3O6S/c1-18(2)15-31-10-4-7-24-22(28)20-17-33-23(25-20)19-5-8-26(9-6-19)21(27)16-32-14-13-30-12-11-29-3/h17-19H,4-16H2,1-3H3,(H,24,28).